The molecular weight excluding hydrogens is 327 g/mol. The zero-order chi connectivity index (χ0) is 16.8. The molecule has 138 valence electrons. The molecule has 2 unspecified atom stereocenters. The van der Waals surface area contributed by atoms with E-state index >= 15 is 0 Å². The first kappa shape index (κ1) is 18.5. The van der Waals surface area contributed by atoms with Gasteiger partial charge in [0.15, 0.2) is 0 Å². The fourth-order valence-electron chi connectivity index (χ4n) is 4.02. The van der Waals surface area contributed by atoms with Crippen LogP contribution in [0.25, 0.3) is 0 Å². The summed E-state index contributed by atoms with van der Waals surface area (Å²) in [5, 5.41) is 4.00. The summed E-state index contributed by atoms with van der Waals surface area (Å²) >= 11 is 2.00. The number of hydrogen-bond donors (Lipinski definition) is 1. The van der Waals surface area contributed by atoms with E-state index in [4.69, 9.17) is 4.74 Å². The third-order valence-corrected chi connectivity index (χ3v) is 6.88. The molecule has 1 aliphatic carbocycles. The van der Waals surface area contributed by atoms with Crippen LogP contribution in [0.15, 0.2) is 0 Å². The standard InChI is InChI=1S/C18H31FN2O2S/c19-14-5-7-16(8-6-14)23-13-18(22)21(12-17-4-2-10-24-17)15-3-1-9-20-11-15/h14-17,20H,1-13H2. The molecule has 1 N–H and O–H groups in total. The summed E-state index contributed by atoms with van der Waals surface area (Å²) in [6.07, 6.45) is 6.74. The Morgan fingerprint density at radius 2 is 2.00 bits per heavy atom. The predicted octanol–water partition coefficient (Wildman–Crippen LogP) is 2.76. The SMILES string of the molecule is O=C(COC1CCC(F)CC1)N(CC1CCCS1)C1CCCNC1. The minimum absolute atomic E-state index is 0.0631. The van der Waals surface area contributed by atoms with Gasteiger partial charge in [0.2, 0.25) is 5.91 Å². The highest BCUT2D eigenvalue weighted by Gasteiger charge is 2.30. The van der Waals surface area contributed by atoms with Crippen LogP contribution in [-0.2, 0) is 9.53 Å². The van der Waals surface area contributed by atoms with Crippen molar-refractivity contribution in [1.82, 2.24) is 10.2 Å². The van der Waals surface area contributed by atoms with Crippen LogP contribution in [0, 0.1) is 0 Å². The molecule has 2 aliphatic heterocycles. The highest BCUT2D eigenvalue weighted by atomic mass is 32.2. The first-order valence-corrected chi connectivity index (χ1v) is 10.6. The van der Waals surface area contributed by atoms with E-state index in [1.54, 1.807) is 0 Å². The van der Waals surface area contributed by atoms with Crippen molar-refractivity contribution in [3.8, 4) is 0 Å². The molecule has 1 amide bonds. The van der Waals surface area contributed by atoms with Gasteiger partial charge in [-0.2, -0.15) is 11.8 Å². The molecule has 3 fully saturated rings. The van der Waals surface area contributed by atoms with Gasteiger partial charge in [-0.3, -0.25) is 4.79 Å². The van der Waals surface area contributed by atoms with E-state index in [2.05, 4.69) is 10.2 Å². The van der Waals surface area contributed by atoms with Gasteiger partial charge >= 0.3 is 0 Å². The Hall–Kier alpha value is -0.330. The van der Waals surface area contributed by atoms with Crippen molar-refractivity contribution in [2.24, 2.45) is 0 Å². The first-order valence-electron chi connectivity index (χ1n) is 9.60. The quantitative estimate of drug-likeness (QED) is 0.793. The van der Waals surface area contributed by atoms with Crippen molar-refractivity contribution < 1.29 is 13.9 Å². The van der Waals surface area contributed by atoms with Crippen LogP contribution in [0.3, 0.4) is 0 Å². The molecule has 2 atom stereocenters. The number of nitrogens with one attached hydrogen (secondary N) is 1. The van der Waals surface area contributed by atoms with E-state index in [0.29, 0.717) is 24.1 Å². The number of thioether (sulfide) groups is 1. The Kier molecular flexibility index (Phi) is 7.22. The molecule has 1 saturated carbocycles. The van der Waals surface area contributed by atoms with Crippen LogP contribution in [0.1, 0.15) is 51.4 Å². The maximum Gasteiger partial charge on any atom is 0.248 e. The van der Waals surface area contributed by atoms with Gasteiger partial charge < -0.3 is 15.0 Å². The zero-order valence-corrected chi connectivity index (χ0v) is 15.4. The summed E-state index contributed by atoms with van der Waals surface area (Å²) in [5.41, 5.74) is 0. The first-order chi connectivity index (χ1) is 11.7. The lowest BCUT2D eigenvalue weighted by Crippen LogP contribution is -2.51. The largest absolute Gasteiger partial charge is 0.368 e. The second kappa shape index (κ2) is 9.39. The highest BCUT2D eigenvalue weighted by molar-refractivity contribution is 8.00. The molecule has 2 saturated heterocycles. The Bertz CT molecular complexity index is 392. The Labute approximate surface area is 149 Å². The summed E-state index contributed by atoms with van der Waals surface area (Å²) in [5.74, 6) is 1.34. The molecule has 3 rings (SSSR count). The Balaban J connectivity index is 1.51. The van der Waals surface area contributed by atoms with Crippen LogP contribution < -0.4 is 5.32 Å². The van der Waals surface area contributed by atoms with E-state index in [1.165, 1.54) is 18.6 Å². The molecule has 2 heterocycles. The lowest BCUT2D eigenvalue weighted by atomic mass is 9.96. The number of ether oxygens (including phenoxy) is 1. The van der Waals surface area contributed by atoms with Crippen molar-refractivity contribution in [2.45, 2.75) is 74.9 Å². The maximum absolute atomic E-state index is 13.2. The Morgan fingerprint density at radius 3 is 2.67 bits per heavy atom. The fraction of sp³-hybridized carbons (Fsp3) is 0.944. The average molecular weight is 359 g/mol. The van der Waals surface area contributed by atoms with Crippen LogP contribution in [-0.4, -0.2) is 66.4 Å². The van der Waals surface area contributed by atoms with Gasteiger partial charge in [0, 0.05) is 24.4 Å². The summed E-state index contributed by atoms with van der Waals surface area (Å²) in [7, 11) is 0. The maximum atomic E-state index is 13.2. The van der Waals surface area contributed by atoms with Gasteiger partial charge in [-0.15, -0.1) is 0 Å². The Morgan fingerprint density at radius 1 is 1.17 bits per heavy atom. The zero-order valence-electron chi connectivity index (χ0n) is 14.6. The van der Waals surface area contributed by atoms with Crippen molar-refractivity contribution in [1.29, 1.82) is 0 Å². The van der Waals surface area contributed by atoms with Crippen LogP contribution in [0.5, 0.6) is 0 Å². The second-order valence-electron chi connectivity index (χ2n) is 7.37. The van der Waals surface area contributed by atoms with Crippen LogP contribution in [0.4, 0.5) is 4.39 Å². The number of carbonyl (C=O) groups excluding carboxylic acids is 1. The van der Waals surface area contributed by atoms with Crippen molar-refractivity contribution in [3.05, 3.63) is 0 Å². The van der Waals surface area contributed by atoms with Crippen molar-refractivity contribution in [2.75, 3.05) is 32.0 Å². The molecule has 4 nitrogen and oxygen atoms in total. The molecule has 6 heteroatoms. The molecular formula is C18H31FN2O2S. The summed E-state index contributed by atoms with van der Waals surface area (Å²) < 4.78 is 19.1. The predicted molar refractivity (Wildman–Crippen MR) is 96.2 cm³/mol. The van der Waals surface area contributed by atoms with E-state index in [9.17, 15) is 9.18 Å². The normalized spacial score (nSPS) is 34.2. The van der Waals surface area contributed by atoms with Gasteiger partial charge in [-0.05, 0) is 63.7 Å². The van der Waals surface area contributed by atoms with Crippen molar-refractivity contribution >= 4 is 17.7 Å². The van der Waals surface area contributed by atoms with E-state index in [0.717, 1.165) is 45.3 Å². The van der Waals surface area contributed by atoms with Crippen LogP contribution >= 0.6 is 11.8 Å². The molecule has 0 aromatic carbocycles. The number of nitrogens with zero attached hydrogens (tertiary/aromatic N) is 1. The molecule has 0 spiro atoms. The summed E-state index contributed by atoms with van der Waals surface area (Å²) in [6, 6.07) is 0.303. The molecule has 3 aliphatic rings. The van der Waals surface area contributed by atoms with Gasteiger partial charge in [0.1, 0.15) is 12.8 Å². The molecule has 0 radical (unpaired) electrons. The lowest BCUT2D eigenvalue weighted by Gasteiger charge is -2.36. The highest BCUT2D eigenvalue weighted by Crippen LogP contribution is 2.28. The van der Waals surface area contributed by atoms with E-state index < -0.39 is 6.17 Å². The van der Waals surface area contributed by atoms with Gasteiger partial charge in [-0.25, -0.2) is 4.39 Å². The molecule has 0 aromatic heterocycles. The number of amides is 1. The lowest BCUT2D eigenvalue weighted by molar-refractivity contribution is -0.141. The van der Waals surface area contributed by atoms with E-state index in [1.807, 2.05) is 11.8 Å². The minimum atomic E-state index is -0.676. The van der Waals surface area contributed by atoms with Gasteiger partial charge in [-0.1, -0.05) is 0 Å². The molecule has 0 bridgehead atoms. The van der Waals surface area contributed by atoms with Crippen molar-refractivity contribution in [3.63, 3.8) is 0 Å². The van der Waals surface area contributed by atoms with Gasteiger partial charge in [0.25, 0.3) is 0 Å². The monoisotopic (exact) mass is 358 g/mol. The fourth-order valence-corrected chi connectivity index (χ4v) is 5.29. The third-order valence-electron chi connectivity index (χ3n) is 5.50. The number of hydrogen-bond acceptors (Lipinski definition) is 4. The topological polar surface area (TPSA) is 41.6 Å². The summed E-state index contributed by atoms with van der Waals surface area (Å²) in [4.78, 5) is 14.9. The number of alkyl halides is 1. The third kappa shape index (κ3) is 5.33. The van der Waals surface area contributed by atoms with Gasteiger partial charge in [0.05, 0.1) is 6.10 Å². The summed E-state index contributed by atoms with van der Waals surface area (Å²) in [6.45, 7) is 2.97. The number of carbonyl (C=O) groups is 1. The second-order valence-corrected chi connectivity index (χ2v) is 8.77. The number of piperidine rings is 1. The number of rotatable bonds is 6. The number of halogens is 1. The van der Waals surface area contributed by atoms with E-state index in [-0.39, 0.29) is 18.6 Å². The minimum Gasteiger partial charge on any atom is -0.368 e. The molecule has 0 aromatic rings. The van der Waals surface area contributed by atoms with Crippen LogP contribution in [0.2, 0.25) is 0 Å². The smallest absolute Gasteiger partial charge is 0.248 e. The molecule has 24 heavy (non-hydrogen) atoms. The average Bonchev–Trinajstić information content (AvgIpc) is 3.13.